The number of benzene rings is 1. The molecule has 2 N–H and O–H groups in total. The fourth-order valence-electron chi connectivity index (χ4n) is 3.78. The third-order valence-electron chi connectivity index (χ3n) is 5.43. The van der Waals surface area contributed by atoms with Gasteiger partial charge < -0.3 is 29.6 Å². The second-order valence-electron chi connectivity index (χ2n) is 7.91. The molecule has 10 heteroatoms. The number of carbonyl (C=O) groups excluding carboxylic acids is 1. The Balaban J connectivity index is 1.36. The molecule has 0 spiro atoms. The molecule has 34 heavy (non-hydrogen) atoms. The maximum absolute atomic E-state index is 11.3. The molecule has 0 aliphatic carbocycles. The van der Waals surface area contributed by atoms with Gasteiger partial charge in [-0.1, -0.05) is 6.07 Å². The molecule has 0 unspecified atom stereocenters. The number of nitrogens with one attached hydrogen (secondary N) is 2. The van der Waals surface area contributed by atoms with Crippen LogP contribution in [0.25, 0.3) is 11.0 Å². The number of amides is 1. The van der Waals surface area contributed by atoms with Crippen LogP contribution in [0.3, 0.4) is 0 Å². The van der Waals surface area contributed by atoms with E-state index in [1.165, 1.54) is 6.92 Å². The van der Waals surface area contributed by atoms with E-state index >= 15 is 0 Å². The number of carbonyl (C=O) groups is 1. The molecule has 1 aliphatic heterocycles. The number of ether oxygens (including phenoxy) is 2. The van der Waals surface area contributed by atoms with E-state index in [0.717, 1.165) is 35.8 Å². The largest absolute Gasteiger partial charge is 0.457 e. The molecule has 0 bridgehead atoms. The maximum atomic E-state index is 11.3. The molecule has 4 aromatic rings. The summed E-state index contributed by atoms with van der Waals surface area (Å²) in [5, 5.41) is 5.98. The SMILES string of the molecule is CC(=O)Nc1cc(Oc2ccc3nc(Nc4cccc(N5CCOCC5)n4)n(C)c3c2)ccn1. The number of nitrogens with zero attached hydrogens (tertiary/aromatic N) is 5. The number of hydrogen-bond acceptors (Lipinski definition) is 8. The highest BCUT2D eigenvalue weighted by atomic mass is 16.5. The molecule has 174 valence electrons. The van der Waals surface area contributed by atoms with E-state index in [1.807, 2.05) is 48.0 Å². The molecule has 4 heterocycles. The number of fused-ring (bicyclic) bond motifs is 1. The predicted molar refractivity (Wildman–Crippen MR) is 130 cm³/mol. The van der Waals surface area contributed by atoms with E-state index in [2.05, 4.69) is 20.5 Å². The summed E-state index contributed by atoms with van der Waals surface area (Å²) >= 11 is 0. The molecule has 0 atom stereocenters. The number of aromatic nitrogens is 4. The van der Waals surface area contributed by atoms with Crippen molar-refractivity contribution in [1.82, 2.24) is 19.5 Å². The smallest absolute Gasteiger partial charge is 0.222 e. The lowest BCUT2D eigenvalue weighted by molar-refractivity contribution is -0.114. The minimum atomic E-state index is -0.189. The summed E-state index contributed by atoms with van der Waals surface area (Å²) < 4.78 is 13.4. The average molecular weight is 460 g/mol. The van der Waals surface area contributed by atoms with Gasteiger partial charge in [-0.25, -0.2) is 15.0 Å². The molecule has 3 aromatic heterocycles. The number of pyridine rings is 2. The van der Waals surface area contributed by atoms with Gasteiger partial charge in [0.1, 0.15) is 29.0 Å². The van der Waals surface area contributed by atoms with Crippen molar-refractivity contribution in [1.29, 1.82) is 0 Å². The Kier molecular flexibility index (Phi) is 5.96. The fraction of sp³-hybridized carbons (Fsp3) is 0.250. The summed E-state index contributed by atoms with van der Waals surface area (Å²) in [5.74, 6) is 3.78. The topological polar surface area (TPSA) is 106 Å². The molecule has 1 aliphatic rings. The van der Waals surface area contributed by atoms with E-state index in [4.69, 9.17) is 19.4 Å². The maximum Gasteiger partial charge on any atom is 0.222 e. The molecule has 0 radical (unpaired) electrons. The van der Waals surface area contributed by atoms with Crippen LogP contribution in [-0.2, 0) is 16.6 Å². The van der Waals surface area contributed by atoms with Crippen molar-refractivity contribution in [2.45, 2.75) is 6.92 Å². The van der Waals surface area contributed by atoms with E-state index < -0.39 is 0 Å². The number of anilines is 4. The Hall–Kier alpha value is -4.18. The zero-order valence-corrected chi connectivity index (χ0v) is 19.0. The lowest BCUT2D eigenvalue weighted by Gasteiger charge is -2.28. The molecular weight excluding hydrogens is 434 g/mol. The summed E-state index contributed by atoms with van der Waals surface area (Å²) in [5.41, 5.74) is 1.73. The lowest BCUT2D eigenvalue weighted by atomic mass is 10.3. The van der Waals surface area contributed by atoms with Crippen molar-refractivity contribution in [2.75, 3.05) is 41.8 Å². The normalized spacial score (nSPS) is 13.6. The average Bonchev–Trinajstić information content (AvgIpc) is 3.14. The van der Waals surface area contributed by atoms with Gasteiger partial charge in [0.25, 0.3) is 0 Å². The molecule has 5 rings (SSSR count). The van der Waals surface area contributed by atoms with Crippen LogP contribution in [0.15, 0.2) is 54.7 Å². The van der Waals surface area contributed by atoms with Crippen LogP contribution < -0.4 is 20.3 Å². The van der Waals surface area contributed by atoms with Crippen LogP contribution in [0, 0.1) is 0 Å². The van der Waals surface area contributed by atoms with Crippen molar-refractivity contribution in [3.05, 3.63) is 54.7 Å². The highest BCUT2D eigenvalue weighted by Gasteiger charge is 2.14. The first kappa shape index (κ1) is 21.7. The van der Waals surface area contributed by atoms with E-state index in [1.54, 1.807) is 18.3 Å². The van der Waals surface area contributed by atoms with Crippen LogP contribution in [0.1, 0.15) is 6.92 Å². The Bertz CT molecular complexity index is 1330. The van der Waals surface area contributed by atoms with Gasteiger partial charge in [-0.3, -0.25) is 4.79 Å². The quantitative estimate of drug-likeness (QED) is 0.450. The summed E-state index contributed by atoms with van der Waals surface area (Å²) in [6, 6.07) is 15.0. The molecular formula is C24H25N7O3. The minimum absolute atomic E-state index is 0.189. The Morgan fingerprint density at radius 3 is 2.68 bits per heavy atom. The summed E-state index contributed by atoms with van der Waals surface area (Å²) in [7, 11) is 1.94. The van der Waals surface area contributed by atoms with Crippen LogP contribution in [0.2, 0.25) is 0 Å². The van der Waals surface area contributed by atoms with Gasteiger partial charge in [0.2, 0.25) is 11.9 Å². The first-order valence-electron chi connectivity index (χ1n) is 11.0. The first-order valence-corrected chi connectivity index (χ1v) is 11.0. The molecule has 0 saturated carbocycles. The minimum Gasteiger partial charge on any atom is -0.457 e. The highest BCUT2D eigenvalue weighted by Crippen LogP contribution is 2.29. The fourth-order valence-corrected chi connectivity index (χ4v) is 3.78. The summed E-state index contributed by atoms with van der Waals surface area (Å²) in [6.07, 6.45) is 1.59. The van der Waals surface area contributed by atoms with Crippen LogP contribution in [-0.4, -0.2) is 51.7 Å². The van der Waals surface area contributed by atoms with Gasteiger partial charge in [-0.2, -0.15) is 0 Å². The van der Waals surface area contributed by atoms with Crippen LogP contribution >= 0.6 is 0 Å². The number of hydrogen-bond donors (Lipinski definition) is 2. The third kappa shape index (κ3) is 4.76. The molecule has 1 amide bonds. The zero-order chi connectivity index (χ0) is 23.5. The van der Waals surface area contributed by atoms with E-state index in [9.17, 15) is 4.79 Å². The van der Waals surface area contributed by atoms with Crippen LogP contribution in [0.5, 0.6) is 11.5 Å². The lowest BCUT2D eigenvalue weighted by Crippen LogP contribution is -2.36. The molecule has 1 fully saturated rings. The van der Waals surface area contributed by atoms with Crippen molar-refractivity contribution in [2.24, 2.45) is 7.05 Å². The highest BCUT2D eigenvalue weighted by molar-refractivity contribution is 5.87. The van der Waals surface area contributed by atoms with Gasteiger partial charge >= 0.3 is 0 Å². The van der Waals surface area contributed by atoms with E-state index in [-0.39, 0.29) is 5.91 Å². The van der Waals surface area contributed by atoms with Crippen molar-refractivity contribution < 1.29 is 14.3 Å². The standard InChI is InChI=1S/C24H25N7O3/c1-16(32)26-22-15-18(8-9-25-22)34-17-6-7-19-20(14-17)30(2)24(27-19)29-21-4-3-5-23(28-21)31-10-12-33-13-11-31/h3-9,14-15H,10-13H2,1-2H3,(H,25,26,32)(H,27,28,29). The van der Waals surface area contributed by atoms with Gasteiger partial charge in [0, 0.05) is 45.4 Å². The number of aryl methyl sites for hydroxylation is 1. The van der Waals surface area contributed by atoms with Crippen LogP contribution in [0.4, 0.5) is 23.4 Å². The second-order valence-corrected chi connectivity index (χ2v) is 7.91. The van der Waals surface area contributed by atoms with E-state index in [0.29, 0.717) is 36.5 Å². The Labute approximate surface area is 196 Å². The molecule has 1 aromatic carbocycles. The van der Waals surface area contributed by atoms with Gasteiger partial charge in [-0.05, 0) is 30.3 Å². The Morgan fingerprint density at radius 2 is 1.85 bits per heavy atom. The second kappa shape index (κ2) is 9.36. The molecule has 1 saturated heterocycles. The van der Waals surface area contributed by atoms with Gasteiger partial charge in [-0.15, -0.1) is 0 Å². The first-order chi connectivity index (χ1) is 16.5. The Morgan fingerprint density at radius 1 is 1.03 bits per heavy atom. The molecule has 10 nitrogen and oxygen atoms in total. The van der Waals surface area contributed by atoms with Gasteiger partial charge in [0.05, 0.1) is 24.2 Å². The summed E-state index contributed by atoms with van der Waals surface area (Å²) in [6.45, 7) is 4.52. The summed E-state index contributed by atoms with van der Waals surface area (Å²) in [4.78, 5) is 27.1. The number of imidazole rings is 1. The van der Waals surface area contributed by atoms with Gasteiger partial charge in [0.15, 0.2) is 0 Å². The third-order valence-corrected chi connectivity index (χ3v) is 5.43. The number of morpholine rings is 1. The van der Waals surface area contributed by atoms with Crippen molar-refractivity contribution in [3.63, 3.8) is 0 Å². The monoisotopic (exact) mass is 459 g/mol. The number of rotatable bonds is 6. The predicted octanol–water partition coefficient (Wildman–Crippen LogP) is 3.69. The van der Waals surface area contributed by atoms with Crippen molar-refractivity contribution >= 4 is 40.3 Å². The zero-order valence-electron chi connectivity index (χ0n) is 19.0. The van der Waals surface area contributed by atoms with Crippen molar-refractivity contribution in [3.8, 4) is 11.5 Å².